The van der Waals surface area contributed by atoms with Gasteiger partial charge in [-0.1, -0.05) is 13.8 Å². The Morgan fingerprint density at radius 1 is 1.29 bits per heavy atom. The van der Waals surface area contributed by atoms with E-state index < -0.39 is 22.7 Å². The molecule has 0 amide bonds. The second-order valence-electron chi connectivity index (χ2n) is 5.58. The van der Waals surface area contributed by atoms with Crippen molar-refractivity contribution in [2.24, 2.45) is 7.05 Å². The van der Waals surface area contributed by atoms with Crippen LogP contribution in [0.15, 0.2) is 23.1 Å². The summed E-state index contributed by atoms with van der Waals surface area (Å²) in [7, 11) is 0.316. The quantitative estimate of drug-likeness (QED) is 0.612. The lowest BCUT2D eigenvalue weighted by molar-refractivity contribution is -0.131. The minimum atomic E-state index is -1.41. The molecule has 6 nitrogen and oxygen atoms in total. The van der Waals surface area contributed by atoms with Gasteiger partial charge in [0, 0.05) is 30.1 Å². The summed E-state index contributed by atoms with van der Waals surface area (Å²) < 4.78 is 24.7. The van der Waals surface area contributed by atoms with Gasteiger partial charge in [-0.2, -0.15) is 0 Å². The van der Waals surface area contributed by atoms with Crippen molar-refractivity contribution in [1.82, 2.24) is 4.57 Å². The second-order valence-corrected chi connectivity index (χ2v) is 7.52. The molecule has 0 aliphatic carbocycles. The summed E-state index contributed by atoms with van der Waals surface area (Å²) in [5.41, 5.74) is 0.983. The van der Waals surface area contributed by atoms with E-state index >= 15 is 0 Å². The molecule has 1 aromatic carbocycles. The fourth-order valence-corrected chi connectivity index (χ4v) is 3.75. The molecule has 1 aromatic heterocycles. The summed E-state index contributed by atoms with van der Waals surface area (Å²) in [6.45, 7) is 6.90. The zero-order chi connectivity index (χ0) is 18.0. The van der Waals surface area contributed by atoms with Crippen molar-refractivity contribution >= 4 is 33.6 Å². The molecular formula is C17H21NO5S. The van der Waals surface area contributed by atoms with Gasteiger partial charge in [-0.25, -0.2) is 4.79 Å². The van der Waals surface area contributed by atoms with Gasteiger partial charge in [0.2, 0.25) is 0 Å². The molecule has 0 aliphatic heterocycles. The molecule has 1 atom stereocenters. The number of hydrogen-bond donors (Lipinski definition) is 0. The average Bonchev–Trinajstić information content (AvgIpc) is 2.78. The van der Waals surface area contributed by atoms with E-state index in [1.165, 1.54) is 6.92 Å². The number of carbonyl (C=O) groups excluding carboxylic acids is 2. The zero-order valence-corrected chi connectivity index (χ0v) is 15.2. The molecule has 7 heteroatoms. The van der Waals surface area contributed by atoms with Gasteiger partial charge in [0.15, 0.2) is 0 Å². The monoisotopic (exact) mass is 351 g/mol. The Balaban J connectivity index is 2.77. The zero-order valence-electron chi connectivity index (χ0n) is 14.4. The topological polar surface area (TPSA) is 74.6 Å². The Morgan fingerprint density at radius 3 is 2.50 bits per heavy atom. The van der Waals surface area contributed by atoms with Crippen LogP contribution in [0.2, 0.25) is 0 Å². The molecule has 2 aromatic rings. The molecule has 130 valence electrons. The number of rotatable bonds is 5. The maximum atomic E-state index is 12.8. The standard InChI is InChI=1S/C17H21NO5S/c1-6-22-17(20)15-16(24(21)10(2)3)13-9-12(23-11(4)19)7-8-14(13)18(15)5/h7-10H,6H2,1-5H3. The highest BCUT2D eigenvalue weighted by atomic mass is 32.2. The Morgan fingerprint density at radius 2 is 1.96 bits per heavy atom. The van der Waals surface area contributed by atoms with Gasteiger partial charge < -0.3 is 14.0 Å². The van der Waals surface area contributed by atoms with E-state index in [0.29, 0.717) is 16.0 Å². The number of fused-ring (bicyclic) bond motifs is 1. The SMILES string of the molecule is CCOC(=O)c1c(S(=O)C(C)C)c2cc(OC(C)=O)ccc2n1C. The lowest BCUT2D eigenvalue weighted by atomic mass is 10.2. The third-order valence-electron chi connectivity index (χ3n) is 3.48. The number of aryl methyl sites for hydroxylation is 1. The highest BCUT2D eigenvalue weighted by Crippen LogP contribution is 2.33. The van der Waals surface area contributed by atoms with Gasteiger partial charge in [0.1, 0.15) is 11.4 Å². The fraction of sp³-hybridized carbons (Fsp3) is 0.412. The van der Waals surface area contributed by atoms with Crippen molar-refractivity contribution in [2.75, 3.05) is 6.61 Å². The number of benzene rings is 1. The predicted molar refractivity (Wildman–Crippen MR) is 91.7 cm³/mol. The van der Waals surface area contributed by atoms with Gasteiger partial charge in [-0.05, 0) is 25.1 Å². The Hall–Kier alpha value is -2.15. The summed E-state index contributed by atoms with van der Waals surface area (Å²) in [6.07, 6.45) is 0. The number of esters is 2. The molecule has 2 rings (SSSR count). The van der Waals surface area contributed by atoms with Crippen LogP contribution < -0.4 is 4.74 Å². The Bertz CT molecular complexity index is 822. The van der Waals surface area contributed by atoms with Crippen LogP contribution in [0.5, 0.6) is 5.75 Å². The average molecular weight is 351 g/mol. The first kappa shape index (κ1) is 18.2. The summed E-state index contributed by atoms with van der Waals surface area (Å²) in [5, 5.41) is 0.437. The summed E-state index contributed by atoms with van der Waals surface area (Å²) in [5.74, 6) is -0.616. The van der Waals surface area contributed by atoms with Crippen molar-refractivity contribution in [1.29, 1.82) is 0 Å². The van der Waals surface area contributed by atoms with Crippen molar-refractivity contribution in [3.8, 4) is 5.75 Å². The van der Waals surface area contributed by atoms with Gasteiger partial charge in [-0.3, -0.25) is 9.00 Å². The van der Waals surface area contributed by atoms with Crippen LogP contribution in [0.1, 0.15) is 38.2 Å². The fourth-order valence-electron chi connectivity index (χ4n) is 2.49. The first-order valence-corrected chi connectivity index (χ1v) is 8.87. The second kappa shape index (κ2) is 7.17. The minimum absolute atomic E-state index is 0.179. The lowest BCUT2D eigenvalue weighted by Crippen LogP contribution is -2.15. The third kappa shape index (κ3) is 3.36. The molecule has 0 aliphatic rings. The smallest absolute Gasteiger partial charge is 0.356 e. The molecule has 0 spiro atoms. The number of ether oxygens (including phenoxy) is 2. The van der Waals surface area contributed by atoms with Gasteiger partial charge in [-0.15, -0.1) is 0 Å². The van der Waals surface area contributed by atoms with Gasteiger partial charge >= 0.3 is 11.9 Å². The maximum absolute atomic E-state index is 12.8. The normalized spacial score (nSPS) is 12.4. The highest BCUT2D eigenvalue weighted by Gasteiger charge is 2.27. The van der Waals surface area contributed by atoms with E-state index in [4.69, 9.17) is 9.47 Å². The summed E-state index contributed by atoms with van der Waals surface area (Å²) >= 11 is 0. The van der Waals surface area contributed by atoms with Crippen molar-refractivity contribution in [3.05, 3.63) is 23.9 Å². The summed E-state index contributed by atoms with van der Waals surface area (Å²) in [6, 6.07) is 5.01. The van der Waals surface area contributed by atoms with E-state index in [1.807, 2.05) is 13.8 Å². The number of aromatic nitrogens is 1. The molecule has 0 N–H and O–H groups in total. The van der Waals surface area contributed by atoms with E-state index in [2.05, 4.69) is 0 Å². The molecule has 0 fully saturated rings. The van der Waals surface area contributed by atoms with Crippen LogP contribution in [0.3, 0.4) is 0 Å². The van der Waals surface area contributed by atoms with Crippen LogP contribution in [0.25, 0.3) is 10.9 Å². The molecular weight excluding hydrogens is 330 g/mol. The van der Waals surface area contributed by atoms with Crippen LogP contribution in [-0.2, 0) is 27.4 Å². The molecule has 0 saturated heterocycles. The first-order chi connectivity index (χ1) is 11.3. The first-order valence-electron chi connectivity index (χ1n) is 7.66. The van der Waals surface area contributed by atoms with Crippen molar-refractivity contribution in [2.45, 2.75) is 37.8 Å². The van der Waals surface area contributed by atoms with E-state index in [1.54, 1.807) is 36.7 Å². The lowest BCUT2D eigenvalue weighted by Gasteiger charge is -2.09. The van der Waals surface area contributed by atoms with E-state index in [9.17, 15) is 13.8 Å². The van der Waals surface area contributed by atoms with E-state index in [0.717, 1.165) is 5.52 Å². The molecule has 1 heterocycles. The molecule has 1 unspecified atom stereocenters. The van der Waals surface area contributed by atoms with Gasteiger partial charge in [0.25, 0.3) is 0 Å². The van der Waals surface area contributed by atoms with Crippen LogP contribution >= 0.6 is 0 Å². The summed E-state index contributed by atoms with van der Waals surface area (Å²) in [4.78, 5) is 24.0. The molecule has 0 bridgehead atoms. The largest absolute Gasteiger partial charge is 0.461 e. The highest BCUT2D eigenvalue weighted by molar-refractivity contribution is 7.86. The number of hydrogen-bond acceptors (Lipinski definition) is 5. The number of nitrogens with zero attached hydrogens (tertiary/aromatic N) is 1. The molecule has 0 radical (unpaired) electrons. The minimum Gasteiger partial charge on any atom is -0.461 e. The van der Waals surface area contributed by atoms with Crippen LogP contribution in [-0.4, -0.2) is 32.6 Å². The Kier molecular flexibility index (Phi) is 5.43. The maximum Gasteiger partial charge on any atom is 0.356 e. The van der Waals surface area contributed by atoms with Crippen molar-refractivity contribution in [3.63, 3.8) is 0 Å². The van der Waals surface area contributed by atoms with Crippen molar-refractivity contribution < 1.29 is 23.3 Å². The van der Waals surface area contributed by atoms with Crippen LogP contribution in [0.4, 0.5) is 0 Å². The van der Waals surface area contributed by atoms with Crippen LogP contribution in [0, 0.1) is 0 Å². The molecule has 0 saturated carbocycles. The van der Waals surface area contributed by atoms with E-state index in [-0.39, 0.29) is 17.6 Å². The number of carbonyl (C=O) groups is 2. The van der Waals surface area contributed by atoms with Gasteiger partial charge in [0.05, 0.1) is 22.3 Å². The Labute approximate surface area is 143 Å². The third-order valence-corrected chi connectivity index (χ3v) is 5.16. The predicted octanol–water partition coefficient (Wildman–Crippen LogP) is 2.80. The molecule has 24 heavy (non-hydrogen) atoms.